The lowest BCUT2D eigenvalue weighted by molar-refractivity contribution is -0.122. The smallest absolute Gasteiger partial charge is 0.234 e. The average Bonchev–Trinajstić information content (AvgIpc) is 2.54. The molecule has 0 saturated carbocycles. The molecule has 0 aromatic heterocycles. The van der Waals surface area contributed by atoms with E-state index in [1.807, 2.05) is 6.07 Å². The molecule has 0 aliphatic carbocycles. The summed E-state index contributed by atoms with van der Waals surface area (Å²) in [5.74, 6) is -0.259. The molecule has 3 nitrogen and oxygen atoms in total. The van der Waals surface area contributed by atoms with Gasteiger partial charge in [-0.15, -0.1) is 0 Å². The zero-order valence-electron chi connectivity index (χ0n) is 12.4. The first kappa shape index (κ1) is 14.7. The van der Waals surface area contributed by atoms with Crippen LogP contribution in [0.2, 0.25) is 0 Å². The average molecular weight is 298 g/mol. The number of halogens is 1. The molecule has 1 amide bonds. The predicted octanol–water partition coefficient (Wildman–Crippen LogP) is 2.50. The SMILES string of the molecule is O=C(CN1CCc2ccccc2C1)NCc1ccc(F)cc1. The maximum atomic E-state index is 12.8. The van der Waals surface area contributed by atoms with Crippen LogP contribution in [0.3, 0.4) is 0 Å². The fourth-order valence-electron chi connectivity index (χ4n) is 2.75. The van der Waals surface area contributed by atoms with Crippen molar-refractivity contribution in [3.05, 3.63) is 71.0 Å². The van der Waals surface area contributed by atoms with Gasteiger partial charge in [0.05, 0.1) is 6.54 Å². The standard InChI is InChI=1S/C18H19FN2O/c19-17-7-5-14(6-8-17)11-20-18(22)13-21-10-9-15-3-1-2-4-16(15)12-21/h1-8H,9-13H2,(H,20,22). The van der Waals surface area contributed by atoms with Crippen molar-refractivity contribution in [2.75, 3.05) is 13.1 Å². The molecule has 2 aromatic carbocycles. The van der Waals surface area contributed by atoms with Gasteiger partial charge < -0.3 is 5.32 Å². The van der Waals surface area contributed by atoms with Crippen LogP contribution in [0.5, 0.6) is 0 Å². The molecule has 1 aliphatic rings. The van der Waals surface area contributed by atoms with Crippen LogP contribution in [0.4, 0.5) is 4.39 Å². The fraction of sp³-hybridized carbons (Fsp3) is 0.278. The minimum absolute atomic E-state index is 0.00343. The third-order valence-corrected chi connectivity index (χ3v) is 3.98. The van der Waals surface area contributed by atoms with Crippen molar-refractivity contribution in [1.82, 2.24) is 10.2 Å². The zero-order valence-corrected chi connectivity index (χ0v) is 12.4. The number of fused-ring (bicyclic) bond motifs is 1. The van der Waals surface area contributed by atoms with E-state index < -0.39 is 0 Å². The molecule has 114 valence electrons. The summed E-state index contributed by atoms with van der Waals surface area (Å²) in [6.45, 7) is 2.56. The van der Waals surface area contributed by atoms with Crippen molar-refractivity contribution in [2.24, 2.45) is 0 Å². The third kappa shape index (κ3) is 3.71. The largest absolute Gasteiger partial charge is 0.351 e. The summed E-state index contributed by atoms with van der Waals surface area (Å²) in [6.07, 6.45) is 0.988. The molecule has 0 bridgehead atoms. The molecule has 1 aliphatic heterocycles. The maximum Gasteiger partial charge on any atom is 0.234 e. The van der Waals surface area contributed by atoms with E-state index in [9.17, 15) is 9.18 Å². The lowest BCUT2D eigenvalue weighted by Crippen LogP contribution is -2.39. The second kappa shape index (κ2) is 6.71. The van der Waals surface area contributed by atoms with Gasteiger partial charge in [-0.1, -0.05) is 36.4 Å². The molecule has 2 aromatic rings. The van der Waals surface area contributed by atoms with Gasteiger partial charge in [-0.25, -0.2) is 4.39 Å². The second-order valence-electron chi connectivity index (χ2n) is 5.63. The van der Waals surface area contributed by atoms with Crippen LogP contribution in [0.15, 0.2) is 48.5 Å². The van der Waals surface area contributed by atoms with E-state index in [4.69, 9.17) is 0 Å². The van der Waals surface area contributed by atoms with E-state index in [1.54, 1.807) is 12.1 Å². The molecule has 3 rings (SSSR count). The summed E-state index contributed by atoms with van der Waals surface area (Å²) in [5.41, 5.74) is 3.59. The van der Waals surface area contributed by atoms with Gasteiger partial charge >= 0.3 is 0 Å². The van der Waals surface area contributed by atoms with Crippen molar-refractivity contribution in [3.63, 3.8) is 0 Å². The summed E-state index contributed by atoms with van der Waals surface area (Å²) in [5, 5.41) is 2.89. The van der Waals surface area contributed by atoms with E-state index in [2.05, 4.69) is 28.4 Å². The van der Waals surface area contributed by atoms with Gasteiger partial charge in [-0.3, -0.25) is 9.69 Å². The number of amides is 1. The maximum absolute atomic E-state index is 12.8. The van der Waals surface area contributed by atoms with Gasteiger partial charge in [0.2, 0.25) is 5.91 Å². The van der Waals surface area contributed by atoms with Gasteiger partial charge in [-0.2, -0.15) is 0 Å². The number of rotatable bonds is 4. The highest BCUT2D eigenvalue weighted by molar-refractivity contribution is 5.78. The molecule has 0 atom stereocenters. The van der Waals surface area contributed by atoms with Crippen LogP contribution in [0, 0.1) is 5.82 Å². The quantitative estimate of drug-likeness (QED) is 0.940. The van der Waals surface area contributed by atoms with Gasteiger partial charge in [0, 0.05) is 19.6 Å². The first-order valence-electron chi connectivity index (χ1n) is 7.51. The number of nitrogens with zero attached hydrogens (tertiary/aromatic N) is 1. The minimum Gasteiger partial charge on any atom is -0.351 e. The Kier molecular flexibility index (Phi) is 4.49. The second-order valence-corrected chi connectivity index (χ2v) is 5.63. The van der Waals surface area contributed by atoms with Gasteiger partial charge in [0.15, 0.2) is 0 Å². The summed E-state index contributed by atoms with van der Waals surface area (Å²) in [7, 11) is 0. The highest BCUT2D eigenvalue weighted by atomic mass is 19.1. The van der Waals surface area contributed by atoms with E-state index in [0.29, 0.717) is 13.1 Å². The Hall–Kier alpha value is -2.20. The lowest BCUT2D eigenvalue weighted by atomic mass is 10.00. The Bertz CT molecular complexity index is 654. The topological polar surface area (TPSA) is 32.3 Å². The Morgan fingerprint density at radius 3 is 2.59 bits per heavy atom. The van der Waals surface area contributed by atoms with Crippen LogP contribution < -0.4 is 5.32 Å². The number of benzene rings is 2. The molecule has 1 N–H and O–H groups in total. The molecule has 1 heterocycles. The number of nitrogens with one attached hydrogen (secondary N) is 1. The van der Waals surface area contributed by atoms with Crippen LogP contribution in [0.1, 0.15) is 16.7 Å². The van der Waals surface area contributed by atoms with E-state index in [1.165, 1.54) is 23.3 Å². The van der Waals surface area contributed by atoms with Crippen molar-refractivity contribution in [1.29, 1.82) is 0 Å². The molecule has 0 unspecified atom stereocenters. The molecule has 22 heavy (non-hydrogen) atoms. The van der Waals surface area contributed by atoms with Gasteiger partial charge in [0.25, 0.3) is 0 Å². The number of carbonyl (C=O) groups is 1. The fourth-order valence-corrected chi connectivity index (χ4v) is 2.75. The third-order valence-electron chi connectivity index (χ3n) is 3.98. The minimum atomic E-state index is -0.262. The molecular weight excluding hydrogens is 279 g/mol. The van der Waals surface area contributed by atoms with Crippen molar-refractivity contribution in [3.8, 4) is 0 Å². The predicted molar refractivity (Wildman–Crippen MR) is 83.7 cm³/mol. The Balaban J connectivity index is 1.49. The number of hydrogen-bond acceptors (Lipinski definition) is 2. The first-order valence-corrected chi connectivity index (χ1v) is 7.51. The monoisotopic (exact) mass is 298 g/mol. The normalized spacial score (nSPS) is 14.4. The van der Waals surface area contributed by atoms with Crippen molar-refractivity contribution >= 4 is 5.91 Å². The van der Waals surface area contributed by atoms with Crippen molar-refractivity contribution < 1.29 is 9.18 Å². The molecule has 4 heteroatoms. The lowest BCUT2D eigenvalue weighted by Gasteiger charge is -2.28. The van der Waals surface area contributed by atoms with Gasteiger partial charge in [-0.05, 0) is 35.2 Å². The Morgan fingerprint density at radius 2 is 1.82 bits per heavy atom. The molecule has 0 radical (unpaired) electrons. The summed E-state index contributed by atoms with van der Waals surface area (Å²) in [4.78, 5) is 14.2. The van der Waals surface area contributed by atoms with E-state index in [-0.39, 0.29) is 11.7 Å². The van der Waals surface area contributed by atoms with Gasteiger partial charge in [0.1, 0.15) is 5.82 Å². The Labute approximate surface area is 129 Å². The highest BCUT2D eigenvalue weighted by Gasteiger charge is 2.17. The van der Waals surface area contributed by atoms with Crippen LogP contribution >= 0.6 is 0 Å². The highest BCUT2D eigenvalue weighted by Crippen LogP contribution is 2.17. The Morgan fingerprint density at radius 1 is 1.09 bits per heavy atom. The van der Waals surface area contributed by atoms with Crippen LogP contribution in [-0.2, 0) is 24.3 Å². The summed E-state index contributed by atoms with van der Waals surface area (Å²) < 4.78 is 12.8. The van der Waals surface area contributed by atoms with Crippen LogP contribution in [-0.4, -0.2) is 23.9 Å². The van der Waals surface area contributed by atoms with E-state index >= 15 is 0 Å². The molecule has 0 saturated heterocycles. The van der Waals surface area contributed by atoms with Crippen LogP contribution in [0.25, 0.3) is 0 Å². The summed E-state index contributed by atoms with van der Waals surface area (Å²) >= 11 is 0. The number of hydrogen-bond donors (Lipinski definition) is 1. The van der Waals surface area contributed by atoms with Crippen molar-refractivity contribution in [2.45, 2.75) is 19.5 Å². The number of carbonyl (C=O) groups excluding carboxylic acids is 1. The summed E-state index contributed by atoms with van der Waals surface area (Å²) in [6, 6.07) is 14.6. The first-order chi connectivity index (χ1) is 10.7. The molecule has 0 spiro atoms. The molecule has 0 fully saturated rings. The zero-order chi connectivity index (χ0) is 15.4. The molecular formula is C18H19FN2O. The van der Waals surface area contributed by atoms with E-state index in [0.717, 1.165) is 25.1 Å².